The highest BCUT2D eigenvalue weighted by atomic mass is 16.1. The molecule has 0 saturated carbocycles. The van der Waals surface area contributed by atoms with Crippen molar-refractivity contribution in [3.05, 3.63) is 28.8 Å². The molecule has 1 amide bonds. The third-order valence-corrected chi connectivity index (χ3v) is 3.99. The maximum absolute atomic E-state index is 11.3. The molecule has 1 fully saturated rings. The van der Waals surface area contributed by atoms with Gasteiger partial charge in [-0.1, -0.05) is 6.07 Å². The van der Waals surface area contributed by atoms with Crippen molar-refractivity contribution in [2.75, 3.05) is 31.1 Å². The minimum atomic E-state index is 0.0157. The number of rotatable bonds is 3. The molecule has 0 bridgehead atoms. The Morgan fingerprint density at radius 1 is 1.25 bits per heavy atom. The Labute approximate surface area is 121 Å². The Hall–Kier alpha value is -1.55. The first-order chi connectivity index (χ1) is 9.49. The number of nitrogens with one attached hydrogen (secondary N) is 2. The number of amides is 1. The van der Waals surface area contributed by atoms with Crippen molar-refractivity contribution in [1.82, 2.24) is 10.6 Å². The van der Waals surface area contributed by atoms with Gasteiger partial charge in [-0.05, 0) is 43.5 Å². The summed E-state index contributed by atoms with van der Waals surface area (Å²) in [5.74, 6) is 0.0157. The number of aryl methyl sites for hydroxylation is 2. The number of nitrogens with zero attached hydrogens (tertiary/aromatic N) is 1. The largest absolute Gasteiger partial charge is 0.369 e. The van der Waals surface area contributed by atoms with Gasteiger partial charge >= 0.3 is 0 Å². The molecular weight excluding hydrogens is 250 g/mol. The van der Waals surface area contributed by atoms with E-state index in [4.69, 9.17) is 0 Å². The van der Waals surface area contributed by atoms with Gasteiger partial charge in [0, 0.05) is 38.8 Å². The second-order valence-electron chi connectivity index (χ2n) is 5.65. The van der Waals surface area contributed by atoms with E-state index in [0.717, 1.165) is 26.2 Å². The maximum Gasteiger partial charge on any atom is 0.217 e. The van der Waals surface area contributed by atoms with Crippen LogP contribution in [0.25, 0.3) is 0 Å². The van der Waals surface area contributed by atoms with Crippen LogP contribution in [-0.4, -0.2) is 32.1 Å². The average Bonchev–Trinajstić information content (AvgIpc) is 2.41. The summed E-state index contributed by atoms with van der Waals surface area (Å²) in [6, 6.07) is 4.51. The Morgan fingerprint density at radius 2 is 1.85 bits per heavy atom. The van der Waals surface area contributed by atoms with Gasteiger partial charge in [-0.25, -0.2) is 0 Å². The van der Waals surface area contributed by atoms with Crippen LogP contribution in [0.3, 0.4) is 0 Å². The maximum atomic E-state index is 11.3. The van der Waals surface area contributed by atoms with E-state index in [1.807, 2.05) is 0 Å². The van der Waals surface area contributed by atoms with Gasteiger partial charge < -0.3 is 15.5 Å². The fourth-order valence-corrected chi connectivity index (χ4v) is 2.73. The van der Waals surface area contributed by atoms with E-state index >= 15 is 0 Å². The standard InChI is InChI=1S/C16H25N3O/c1-11-9-15(13(3)18-14(4)20)16(10-12(11)2)19-7-5-17-6-8-19/h9-10,13,17H,5-8H2,1-4H3,(H,18,20). The predicted molar refractivity (Wildman–Crippen MR) is 83.2 cm³/mol. The van der Waals surface area contributed by atoms with Crippen molar-refractivity contribution in [1.29, 1.82) is 0 Å². The molecule has 1 aliphatic rings. The zero-order valence-electron chi connectivity index (χ0n) is 12.9. The number of piperazine rings is 1. The highest BCUT2D eigenvalue weighted by molar-refractivity contribution is 5.74. The van der Waals surface area contributed by atoms with E-state index in [1.54, 1.807) is 6.92 Å². The molecule has 1 unspecified atom stereocenters. The van der Waals surface area contributed by atoms with Crippen molar-refractivity contribution in [2.45, 2.75) is 33.7 Å². The van der Waals surface area contributed by atoms with Gasteiger partial charge in [0.2, 0.25) is 5.91 Å². The van der Waals surface area contributed by atoms with E-state index in [2.05, 4.69) is 48.4 Å². The summed E-state index contributed by atoms with van der Waals surface area (Å²) in [7, 11) is 0. The molecule has 20 heavy (non-hydrogen) atoms. The summed E-state index contributed by atoms with van der Waals surface area (Å²) in [5.41, 5.74) is 5.05. The summed E-state index contributed by atoms with van der Waals surface area (Å²) in [5, 5.41) is 6.38. The van der Waals surface area contributed by atoms with E-state index in [-0.39, 0.29) is 11.9 Å². The first kappa shape index (κ1) is 14.9. The van der Waals surface area contributed by atoms with Gasteiger partial charge in [0.25, 0.3) is 0 Å². The van der Waals surface area contributed by atoms with Gasteiger partial charge in [0.05, 0.1) is 6.04 Å². The summed E-state index contributed by atoms with van der Waals surface area (Å²) in [6.07, 6.45) is 0. The Morgan fingerprint density at radius 3 is 2.45 bits per heavy atom. The number of hydrogen-bond acceptors (Lipinski definition) is 3. The van der Waals surface area contributed by atoms with Crippen LogP contribution in [0.1, 0.15) is 36.6 Å². The molecular formula is C16H25N3O. The van der Waals surface area contributed by atoms with Crippen molar-refractivity contribution in [2.24, 2.45) is 0 Å². The normalized spacial score (nSPS) is 16.9. The summed E-state index contributed by atoms with van der Waals surface area (Å²) >= 11 is 0. The van der Waals surface area contributed by atoms with E-state index in [1.165, 1.54) is 22.4 Å². The highest BCUT2D eigenvalue weighted by Crippen LogP contribution is 2.30. The second-order valence-corrected chi connectivity index (χ2v) is 5.65. The lowest BCUT2D eigenvalue weighted by molar-refractivity contribution is -0.119. The lowest BCUT2D eigenvalue weighted by Gasteiger charge is -2.33. The minimum absolute atomic E-state index is 0.0157. The Bertz CT molecular complexity index is 493. The molecule has 4 nitrogen and oxygen atoms in total. The van der Waals surface area contributed by atoms with Crippen LogP contribution in [0.15, 0.2) is 12.1 Å². The van der Waals surface area contributed by atoms with Crippen molar-refractivity contribution in [3.63, 3.8) is 0 Å². The number of carbonyl (C=O) groups is 1. The van der Waals surface area contributed by atoms with Gasteiger partial charge in [-0.2, -0.15) is 0 Å². The lowest BCUT2D eigenvalue weighted by Crippen LogP contribution is -2.44. The van der Waals surface area contributed by atoms with E-state index in [0.29, 0.717) is 0 Å². The third-order valence-electron chi connectivity index (χ3n) is 3.99. The number of carbonyl (C=O) groups excluding carboxylic acids is 1. The van der Waals surface area contributed by atoms with Gasteiger partial charge in [0.1, 0.15) is 0 Å². The van der Waals surface area contributed by atoms with Crippen LogP contribution in [0.4, 0.5) is 5.69 Å². The lowest BCUT2D eigenvalue weighted by atomic mass is 9.98. The van der Waals surface area contributed by atoms with Crippen LogP contribution in [0.2, 0.25) is 0 Å². The number of hydrogen-bond donors (Lipinski definition) is 2. The molecule has 1 saturated heterocycles. The van der Waals surface area contributed by atoms with Crippen LogP contribution in [0.5, 0.6) is 0 Å². The molecule has 2 rings (SSSR count). The first-order valence-corrected chi connectivity index (χ1v) is 7.33. The van der Waals surface area contributed by atoms with Crippen molar-refractivity contribution in [3.8, 4) is 0 Å². The molecule has 0 spiro atoms. The predicted octanol–water partition coefficient (Wildman–Crippen LogP) is 1.91. The van der Waals surface area contributed by atoms with E-state index < -0.39 is 0 Å². The fourth-order valence-electron chi connectivity index (χ4n) is 2.73. The Balaban J connectivity index is 2.36. The number of anilines is 1. The van der Waals surface area contributed by atoms with Crippen molar-refractivity contribution < 1.29 is 4.79 Å². The van der Waals surface area contributed by atoms with Crippen molar-refractivity contribution >= 4 is 11.6 Å². The third kappa shape index (κ3) is 3.31. The smallest absolute Gasteiger partial charge is 0.217 e. The molecule has 0 radical (unpaired) electrons. The van der Waals surface area contributed by atoms with Crippen LogP contribution < -0.4 is 15.5 Å². The molecule has 1 atom stereocenters. The van der Waals surface area contributed by atoms with Crippen LogP contribution in [-0.2, 0) is 4.79 Å². The quantitative estimate of drug-likeness (QED) is 0.885. The zero-order chi connectivity index (χ0) is 14.7. The number of benzene rings is 1. The van der Waals surface area contributed by atoms with E-state index in [9.17, 15) is 4.79 Å². The summed E-state index contributed by atoms with van der Waals surface area (Å²) in [6.45, 7) is 12.0. The van der Waals surface area contributed by atoms with Gasteiger partial charge in [-0.15, -0.1) is 0 Å². The molecule has 1 heterocycles. The van der Waals surface area contributed by atoms with Crippen LogP contribution >= 0.6 is 0 Å². The molecule has 0 aromatic heterocycles. The highest BCUT2D eigenvalue weighted by Gasteiger charge is 2.19. The van der Waals surface area contributed by atoms with Gasteiger partial charge in [-0.3, -0.25) is 4.79 Å². The summed E-state index contributed by atoms with van der Waals surface area (Å²) < 4.78 is 0. The molecule has 1 aliphatic heterocycles. The fraction of sp³-hybridized carbons (Fsp3) is 0.562. The molecule has 1 aromatic carbocycles. The van der Waals surface area contributed by atoms with Gasteiger partial charge in [0.15, 0.2) is 0 Å². The average molecular weight is 275 g/mol. The Kier molecular flexibility index (Phi) is 4.65. The first-order valence-electron chi connectivity index (χ1n) is 7.33. The molecule has 1 aromatic rings. The zero-order valence-corrected chi connectivity index (χ0v) is 12.9. The van der Waals surface area contributed by atoms with Crippen LogP contribution in [0, 0.1) is 13.8 Å². The monoisotopic (exact) mass is 275 g/mol. The minimum Gasteiger partial charge on any atom is -0.369 e. The molecule has 4 heteroatoms. The molecule has 2 N–H and O–H groups in total. The molecule has 0 aliphatic carbocycles. The summed E-state index contributed by atoms with van der Waals surface area (Å²) in [4.78, 5) is 13.7. The second kappa shape index (κ2) is 6.27. The topological polar surface area (TPSA) is 44.4 Å². The SMILES string of the molecule is CC(=O)NC(C)c1cc(C)c(C)cc1N1CCNCC1. The molecule has 110 valence electrons.